The number of amides is 1. The van der Waals surface area contributed by atoms with E-state index >= 15 is 0 Å². The predicted octanol–water partition coefficient (Wildman–Crippen LogP) is 1.94. The molecule has 1 saturated heterocycles. The van der Waals surface area contributed by atoms with Crippen molar-refractivity contribution in [1.82, 2.24) is 20.2 Å². The van der Waals surface area contributed by atoms with Crippen LogP contribution in [0.1, 0.15) is 18.4 Å². The van der Waals surface area contributed by atoms with E-state index in [0.29, 0.717) is 11.7 Å². The van der Waals surface area contributed by atoms with Crippen molar-refractivity contribution in [2.24, 2.45) is 10.9 Å². The van der Waals surface area contributed by atoms with Crippen molar-refractivity contribution in [1.29, 1.82) is 0 Å². The van der Waals surface area contributed by atoms with Gasteiger partial charge in [-0.05, 0) is 37.0 Å². The molecule has 2 aliphatic rings. The maximum atomic E-state index is 12.2. The fourth-order valence-corrected chi connectivity index (χ4v) is 3.26. The number of likely N-dealkylation sites (tertiary alicyclic amines) is 1. The number of aromatic amines is 1. The topological polar surface area (TPSA) is 93.6 Å². The number of hydrogen-bond donors (Lipinski definition) is 3. The molecule has 9 heteroatoms. The van der Waals surface area contributed by atoms with Crippen molar-refractivity contribution in [2.75, 3.05) is 19.7 Å². The van der Waals surface area contributed by atoms with Crippen molar-refractivity contribution >= 4 is 53.8 Å². The number of fused-ring (bicyclic) bond motifs is 1. The molecule has 0 saturated carbocycles. The molecule has 0 aromatic carbocycles. The van der Waals surface area contributed by atoms with E-state index < -0.39 is 0 Å². The van der Waals surface area contributed by atoms with E-state index in [4.69, 9.17) is 0 Å². The summed E-state index contributed by atoms with van der Waals surface area (Å²) in [6.07, 6.45) is 7.33. The van der Waals surface area contributed by atoms with Crippen LogP contribution in [0.3, 0.4) is 0 Å². The second-order valence-corrected chi connectivity index (χ2v) is 6.20. The van der Waals surface area contributed by atoms with Gasteiger partial charge in [0, 0.05) is 43.0 Å². The number of aromatic nitrogens is 2. The zero-order chi connectivity index (χ0) is 16.5. The largest absolute Gasteiger partial charge is 0.396 e. The SMILES string of the molecule is Cl.Cl.O=C1NC(N2CCCC(CO)C2)=NC1=Cc1c[nH]c2ncccc12. The average molecular weight is 398 g/mol. The Labute approximate surface area is 163 Å². The molecule has 0 spiro atoms. The number of aliphatic hydroxyl groups is 1. The van der Waals surface area contributed by atoms with Crippen LogP contribution in [0.2, 0.25) is 0 Å². The number of rotatable bonds is 2. The Bertz CT molecular complexity index is 849. The number of nitrogens with zero attached hydrogens (tertiary/aromatic N) is 3. The number of piperidine rings is 1. The molecular weight excluding hydrogens is 377 g/mol. The Morgan fingerprint density at radius 2 is 2.23 bits per heavy atom. The van der Waals surface area contributed by atoms with Crippen LogP contribution in [-0.2, 0) is 4.79 Å². The normalized spacial score (nSPS) is 21.2. The zero-order valence-corrected chi connectivity index (χ0v) is 15.6. The lowest BCUT2D eigenvalue weighted by atomic mass is 9.99. The van der Waals surface area contributed by atoms with E-state index in [-0.39, 0.29) is 43.2 Å². The number of carbonyl (C=O) groups excluding carboxylic acids is 1. The molecule has 1 atom stereocenters. The molecule has 0 bridgehead atoms. The van der Waals surface area contributed by atoms with Crippen LogP contribution in [0.25, 0.3) is 17.1 Å². The van der Waals surface area contributed by atoms with E-state index in [1.807, 2.05) is 23.2 Å². The molecule has 0 aliphatic carbocycles. The number of aliphatic imine (C=N–C) groups is 1. The number of aliphatic hydroxyl groups excluding tert-OH is 1. The number of guanidine groups is 1. The van der Waals surface area contributed by atoms with Crippen molar-refractivity contribution in [3.8, 4) is 0 Å². The van der Waals surface area contributed by atoms with Gasteiger partial charge in [0.2, 0.25) is 5.96 Å². The van der Waals surface area contributed by atoms with Gasteiger partial charge in [-0.15, -0.1) is 24.8 Å². The Morgan fingerprint density at radius 3 is 3.04 bits per heavy atom. The first-order chi connectivity index (χ1) is 11.7. The Balaban J connectivity index is 0.00000121. The molecule has 4 rings (SSSR count). The van der Waals surface area contributed by atoms with Gasteiger partial charge in [-0.2, -0.15) is 0 Å². The summed E-state index contributed by atoms with van der Waals surface area (Å²) in [6.45, 7) is 1.74. The maximum Gasteiger partial charge on any atom is 0.276 e. The summed E-state index contributed by atoms with van der Waals surface area (Å²) in [5.74, 6) is 0.628. The lowest BCUT2D eigenvalue weighted by Crippen LogP contribution is -2.46. The van der Waals surface area contributed by atoms with Crippen LogP contribution in [0.4, 0.5) is 0 Å². The van der Waals surface area contributed by atoms with Gasteiger partial charge in [0.15, 0.2) is 0 Å². The highest BCUT2D eigenvalue weighted by Gasteiger charge is 2.28. The van der Waals surface area contributed by atoms with E-state index in [0.717, 1.165) is 42.5 Å². The molecule has 26 heavy (non-hydrogen) atoms. The average Bonchev–Trinajstić information content (AvgIpc) is 3.20. The summed E-state index contributed by atoms with van der Waals surface area (Å²) in [7, 11) is 0. The minimum absolute atomic E-state index is 0. The van der Waals surface area contributed by atoms with Crippen molar-refractivity contribution in [2.45, 2.75) is 12.8 Å². The first-order valence-corrected chi connectivity index (χ1v) is 8.14. The lowest BCUT2D eigenvalue weighted by molar-refractivity contribution is -0.115. The highest BCUT2D eigenvalue weighted by molar-refractivity contribution is 6.14. The second-order valence-electron chi connectivity index (χ2n) is 6.20. The number of pyridine rings is 1. The Kier molecular flexibility index (Phi) is 6.63. The molecule has 1 unspecified atom stereocenters. The van der Waals surface area contributed by atoms with Crippen LogP contribution < -0.4 is 5.32 Å². The molecule has 2 aromatic heterocycles. The molecule has 0 radical (unpaired) electrons. The third-order valence-electron chi connectivity index (χ3n) is 4.54. The third kappa shape index (κ3) is 3.85. The van der Waals surface area contributed by atoms with Crippen molar-refractivity contribution < 1.29 is 9.90 Å². The van der Waals surface area contributed by atoms with Gasteiger partial charge in [0.05, 0.1) is 0 Å². The summed E-state index contributed by atoms with van der Waals surface area (Å²) in [6, 6.07) is 3.82. The maximum absolute atomic E-state index is 12.2. The van der Waals surface area contributed by atoms with E-state index in [2.05, 4.69) is 20.3 Å². The Hall–Kier alpha value is -2.09. The molecule has 3 N–H and O–H groups in total. The van der Waals surface area contributed by atoms with Gasteiger partial charge in [0.25, 0.3) is 5.91 Å². The van der Waals surface area contributed by atoms with Crippen LogP contribution in [0.5, 0.6) is 0 Å². The molecule has 140 valence electrons. The first-order valence-electron chi connectivity index (χ1n) is 8.14. The number of H-pyrrole nitrogens is 1. The van der Waals surface area contributed by atoms with Crippen LogP contribution in [0.15, 0.2) is 35.2 Å². The quantitative estimate of drug-likeness (QED) is 0.674. The van der Waals surface area contributed by atoms with E-state index in [1.165, 1.54) is 0 Å². The van der Waals surface area contributed by atoms with Gasteiger partial charge in [0.1, 0.15) is 11.3 Å². The summed E-state index contributed by atoms with van der Waals surface area (Å²) in [5, 5.41) is 13.2. The fourth-order valence-electron chi connectivity index (χ4n) is 3.26. The minimum atomic E-state index is -0.200. The molecule has 4 heterocycles. The second kappa shape index (κ2) is 8.53. The smallest absolute Gasteiger partial charge is 0.276 e. The summed E-state index contributed by atoms with van der Waals surface area (Å²) in [4.78, 5) is 26.1. The summed E-state index contributed by atoms with van der Waals surface area (Å²) in [5.41, 5.74) is 2.06. The molecule has 2 aromatic rings. The van der Waals surface area contributed by atoms with Crippen molar-refractivity contribution in [3.63, 3.8) is 0 Å². The van der Waals surface area contributed by atoms with Gasteiger partial charge in [-0.1, -0.05) is 0 Å². The molecule has 1 fully saturated rings. The number of carbonyl (C=O) groups is 1. The monoisotopic (exact) mass is 397 g/mol. The highest BCUT2D eigenvalue weighted by Crippen LogP contribution is 2.22. The fraction of sp³-hybridized carbons (Fsp3) is 0.353. The van der Waals surface area contributed by atoms with Crippen molar-refractivity contribution in [3.05, 3.63) is 35.8 Å². The predicted molar refractivity (Wildman–Crippen MR) is 106 cm³/mol. The minimum Gasteiger partial charge on any atom is -0.396 e. The van der Waals surface area contributed by atoms with Crippen LogP contribution >= 0.6 is 24.8 Å². The van der Waals surface area contributed by atoms with E-state index in [9.17, 15) is 9.90 Å². The summed E-state index contributed by atoms with van der Waals surface area (Å²) < 4.78 is 0. The highest BCUT2D eigenvalue weighted by atomic mass is 35.5. The van der Waals surface area contributed by atoms with Crippen LogP contribution in [0, 0.1) is 5.92 Å². The summed E-state index contributed by atoms with van der Waals surface area (Å²) >= 11 is 0. The van der Waals surface area contributed by atoms with E-state index in [1.54, 1.807) is 12.3 Å². The lowest BCUT2D eigenvalue weighted by Gasteiger charge is -2.32. The van der Waals surface area contributed by atoms with Crippen LogP contribution in [-0.4, -0.2) is 51.5 Å². The molecule has 2 aliphatic heterocycles. The number of nitrogens with one attached hydrogen (secondary N) is 2. The Morgan fingerprint density at radius 1 is 1.38 bits per heavy atom. The van der Waals surface area contributed by atoms with Gasteiger partial charge in [-0.3, -0.25) is 10.1 Å². The zero-order valence-electron chi connectivity index (χ0n) is 14.0. The molecular formula is C17H21Cl2N5O2. The van der Waals surface area contributed by atoms with Gasteiger partial charge >= 0.3 is 0 Å². The first kappa shape index (κ1) is 20.2. The standard InChI is InChI=1S/C17H19N5O2.2ClH/c23-10-11-3-2-6-22(9-11)17-20-14(16(24)21-17)7-12-8-19-15-13(12)4-1-5-18-15;;/h1,4-5,7-8,11,23H,2-3,6,9-10H2,(H,18,19)(H,20,21,24);2*1H. The molecule has 7 nitrogen and oxygen atoms in total. The van der Waals surface area contributed by atoms with Gasteiger partial charge < -0.3 is 15.0 Å². The number of halogens is 2. The number of hydrogen-bond acceptors (Lipinski definition) is 5. The van der Waals surface area contributed by atoms with Gasteiger partial charge in [-0.25, -0.2) is 9.98 Å². The third-order valence-corrected chi connectivity index (χ3v) is 4.54. The molecule has 1 amide bonds.